The van der Waals surface area contributed by atoms with E-state index in [-0.39, 0.29) is 35.0 Å². The molecule has 4 N–H and O–H groups in total. The molecule has 1 spiro atoms. The van der Waals surface area contributed by atoms with Crippen LogP contribution >= 0.6 is 11.8 Å². The molecule has 10 aliphatic rings. The van der Waals surface area contributed by atoms with Crippen LogP contribution in [0.5, 0.6) is 0 Å². The molecule has 2 fully saturated rings. The Labute approximate surface area is 418 Å². The van der Waals surface area contributed by atoms with Gasteiger partial charge in [-0.2, -0.15) is 0 Å². The third-order valence-electron chi connectivity index (χ3n) is 17.5. The van der Waals surface area contributed by atoms with Crippen molar-refractivity contribution >= 4 is 23.2 Å². The first-order valence-electron chi connectivity index (χ1n) is 26.4. The Balaban J connectivity index is 0.854. The molecule has 4 nitrogen and oxygen atoms in total. The molecular weight excluding hydrogens is 869 g/mol. The van der Waals surface area contributed by atoms with Crippen LogP contribution < -0.4 is 16.4 Å². The van der Waals surface area contributed by atoms with Gasteiger partial charge < -0.3 is 11.1 Å². The van der Waals surface area contributed by atoms with Crippen LogP contribution in [0.1, 0.15) is 104 Å². The van der Waals surface area contributed by atoms with Crippen LogP contribution in [-0.2, 0) is 0 Å². The van der Waals surface area contributed by atoms with E-state index < -0.39 is 0 Å². The highest BCUT2D eigenvalue weighted by Crippen LogP contribution is 2.77. The van der Waals surface area contributed by atoms with Crippen LogP contribution in [0.2, 0.25) is 0 Å². The monoisotopic (exact) mass is 930 g/mol. The molecule has 2 heterocycles. The molecule has 0 amide bonds. The third-order valence-corrected chi connectivity index (χ3v) is 19.3. The minimum absolute atomic E-state index is 0.0222. The lowest BCUT2D eigenvalue weighted by Gasteiger charge is -2.40. The summed E-state index contributed by atoms with van der Waals surface area (Å²) < 4.78 is 0.250. The van der Waals surface area contributed by atoms with Crippen molar-refractivity contribution in [2.75, 3.05) is 0 Å². The van der Waals surface area contributed by atoms with E-state index in [2.05, 4.69) is 205 Å². The van der Waals surface area contributed by atoms with Crippen LogP contribution in [-0.4, -0.2) is 16.7 Å². The fourth-order valence-electron chi connectivity index (χ4n) is 13.9. The zero-order valence-corrected chi connectivity index (χ0v) is 40.7. The molecule has 2 aliphatic heterocycles. The van der Waals surface area contributed by atoms with Gasteiger partial charge in [-0.1, -0.05) is 176 Å². The number of allylic oxidation sites excluding steroid dienone is 17. The van der Waals surface area contributed by atoms with Crippen molar-refractivity contribution in [3.63, 3.8) is 0 Å². The molecule has 8 aliphatic carbocycles. The van der Waals surface area contributed by atoms with Crippen molar-refractivity contribution in [2.24, 2.45) is 46.2 Å². The fraction of sp³-hybridized carbons (Fsp3) is 0.308. The Morgan fingerprint density at radius 3 is 2.59 bits per heavy atom. The van der Waals surface area contributed by atoms with Gasteiger partial charge in [-0.25, -0.2) is 4.99 Å². The molecule has 0 radical (unpaired) electrons. The first kappa shape index (κ1) is 42.9. The molecule has 0 aromatic heterocycles. The topological polar surface area (TPSA) is 62.4 Å². The highest BCUT2D eigenvalue weighted by atomic mass is 32.2. The predicted octanol–water partition coefficient (Wildman–Crippen LogP) is 14.5. The van der Waals surface area contributed by atoms with Crippen LogP contribution in [0, 0.1) is 35.5 Å². The minimum Gasteiger partial charge on any atom is -0.350 e. The Morgan fingerprint density at radius 2 is 1.73 bits per heavy atom. The Hall–Kier alpha value is -5.98. The summed E-state index contributed by atoms with van der Waals surface area (Å²) in [6.07, 6.45) is 42.1. The van der Waals surface area contributed by atoms with E-state index in [1.807, 2.05) is 0 Å². The van der Waals surface area contributed by atoms with E-state index in [0.29, 0.717) is 23.7 Å². The smallest absolute Gasteiger partial charge is 0.131 e. The fourth-order valence-corrected chi connectivity index (χ4v) is 15.9. The second kappa shape index (κ2) is 17.4. The molecule has 4 aromatic rings. The van der Waals surface area contributed by atoms with Gasteiger partial charge in [-0.3, -0.25) is 5.32 Å². The van der Waals surface area contributed by atoms with Crippen molar-refractivity contribution in [2.45, 2.75) is 86.8 Å². The van der Waals surface area contributed by atoms with E-state index in [9.17, 15) is 0 Å². The lowest BCUT2D eigenvalue weighted by Crippen LogP contribution is -2.49. The summed E-state index contributed by atoms with van der Waals surface area (Å²) >= 11 is 2.24. The average Bonchev–Trinajstić information content (AvgIpc) is 4.32. The number of rotatable bonds is 9. The molecule has 11 unspecified atom stereocenters. The summed E-state index contributed by atoms with van der Waals surface area (Å²) in [5, 5.41) is 7.86. The summed E-state index contributed by atoms with van der Waals surface area (Å²) in [4.78, 5) is 6.94. The van der Waals surface area contributed by atoms with E-state index in [1.165, 1.54) is 80.5 Å². The van der Waals surface area contributed by atoms with Crippen LogP contribution in [0.25, 0.3) is 16.7 Å². The predicted molar refractivity (Wildman–Crippen MR) is 290 cm³/mol. The van der Waals surface area contributed by atoms with Crippen LogP contribution in [0.15, 0.2) is 220 Å². The van der Waals surface area contributed by atoms with Crippen molar-refractivity contribution in [3.8, 4) is 11.1 Å². The maximum Gasteiger partial charge on any atom is 0.131 e. The van der Waals surface area contributed by atoms with Crippen molar-refractivity contribution in [1.82, 2.24) is 10.6 Å². The van der Waals surface area contributed by atoms with Gasteiger partial charge in [0.1, 0.15) is 18.2 Å². The number of aliphatic imine (C=N–C) groups is 1. The molecule has 4 aromatic carbocycles. The molecule has 348 valence electrons. The quantitative estimate of drug-likeness (QED) is 0.146. The van der Waals surface area contributed by atoms with Gasteiger partial charge >= 0.3 is 0 Å². The normalized spacial score (nSPS) is 32.3. The van der Waals surface area contributed by atoms with E-state index in [4.69, 9.17) is 10.7 Å². The summed E-state index contributed by atoms with van der Waals surface area (Å²) in [6.45, 7) is 0. The number of amidine groups is 1. The van der Waals surface area contributed by atoms with Gasteiger partial charge in [0.15, 0.2) is 0 Å². The number of nitrogens with one attached hydrogen (secondary N) is 2. The van der Waals surface area contributed by atoms with Gasteiger partial charge in [-0.15, -0.1) is 11.8 Å². The first-order valence-corrected chi connectivity index (χ1v) is 27.2. The second-order valence-electron chi connectivity index (χ2n) is 21.5. The van der Waals surface area contributed by atoms with E-state index in [0.717, 1.165) is 55.8 Å². The molecular formula is C65H62N4S. The number of nitrogens with zero attached hydrogens (tertiary/aromatic N) is 1. The van der Waals surface area contributed by atoms with Gasteiger partial charge in [0.25, 0.3) is 0 Å². The SMILES string of the molecule is NC(C/C(=C\C1CC1C1C=C2C(=CC1)c1ccc(C3NC(c4ccccc4)=NC(C4=CC=CCC4)N3)cc1-c1ccccc1C1C3=C(C=CC21)C1C2CCC=CC21S3)C1=CCCC=C1)c1ccccc1. The van der Waals surface area contributed by atoms with Gasteiger partial charge in [-0.05, 0) is 159 Å². The summed E-state index contributed by atoms with van der Waals surface area (Å²) in [5.74, 6) is 4.57. The van der Waals surface area contributed by atoms with Crippen molar-refractivity contribution < 1.29 is 0 Å². The lowest BCUT2D eigenvalue weighted by molar-refractivity contribution is 0.425. The lowest BCUT2D eigenvalue weighted by atomic mass is 9.66. The zero-order chi connectivity index (χ0) is 46.3. The number of hydrogen-bond acceptors (Lipinski definition) is 5. The van der Waals surface area contributed by atoms with Crippen molar-refractivity contribution in [1.29, 1.82) is 0 Å². The maximum absolute atomic E-state index is 6.97. The highest BCUT2D eigenvalue weighted by molar-refractivity contribution is 8.05. The average molecular weight is 931 g/mol. The van der Waals surface area contributed by atoms with Crippen molar-refractivity contribution in [3.05, 3.63) is 243 Å². The molecule has 70 heavy (non-hydrogen) atoms. The number of fused-ring (bicyclic) bond motifs is 11. The van der Waals surface area contributed by atoms with Crippen LogP contribution in [0.3, 0.4) is 0 Å². The third kappa shape index (κ3) is 7.37. The molecule has 5 heteroatoms. The second-order valence-corrected chi connectivity index (χ2v) is 22.9. The number of thioether (sulfide) groups is 1. The highest BCUT2D eigenvalue weighted by Gasteiger charge is 2.70. The molecule has 11 atom stereocenters. The standard InChI is InChI=1S/C65H62N4S/c66-58(41-19-7-2-8-20-41)39-46(40-17-5-1-6-18-40)35-47-38-54(47)44-28-30-50-49-31-29-45(64-68-62(42-21-9-3-10-22-42)67-63(69-64)43-23-11-4-12-24-43)37-55(49)48-25-13-14-26-51(48)59-52(56(50)36-44)32-33-53-60-57-27-15-16-34-65(57,60)70-61(53)59/h2-5,7-11,13-14,16-23,25-26,29-37,44,47,52,54,57-60,63-64,69H,1,6,12,15,24,27-28,38-39,66H2,(H,67,68)/b46-35+. The molecule has 0 saturated heterocycles. The Morgan fingerprint density at radius 1 is 0.857 bits per heavy atom. The Kier molecular flexibility index (Phi) is 10.7. The maximum atomic E-state index is 6.97. The summed E-state index contributed by atoms with van der Waals surface area (Å²) in [6, 6.07) is 38.2. The summed E-state index contributed by atoms with van der Waals surface area (Å²) in [7, 11) is 0. The summed E-state index contributed by atoms with van der Waals surface area (Å²) in [5.41, 5.74) is 24.8. The minimum atomic E-state index is -0.120. The Bertz CT molecular complexity index is 3140. The van der Waals surface area contributed by atoms with Gasteiger partial charge in [0, 0.05) is 34.1 Å². The van der Waals surface area contributed by atoms with E-state index in [1.54, 1.807) is 10.5 Å². The van der Waals surface area contributed by atoms with Gasteiger partial charge in [0.2, 0.25) is 0 Å². The first-order chi connectivity index (χ1) is 34.6. The number of hydrogen-bond donors (Lipinski definition) is 3. The largest absolute Gasteiger partial charge is 0.350 e. The zero-order valence-electron chi connectivity index (χ0n) is 39.9. The van der Waals surface area contributed by atoms with Gasteiger partial charge in [0.05, 0.1) is 0 Å². The van der Waals surface area contributed by atoms with E-state index >= 15 is 0 Å². The van der Waals surface area contributed by atoms with Crippen LogP contribution in [0.4, 0.5) is 0 Å². The number of nitrogens with two attached hydrogens (primary N) is 1. The molecule has 2 saturated carbocycles. The number of benzene rings is 4. The molecule has 14 rings (SSSR count). The molecule has 0 bridgehead atoms.